The van der Waals surface area contributed by atoms with E-state index in [-0.39, 0.29) is 6.17 Å². The normalized spacial score (nSPS) is 15.1. The Morgan fingerprint density at radius 1 is 0.630 bits per heavy atom. The molecule has 2 heteroatoms. The number of rotatable bonds is 2. The lowest BCUT2D eigenvalue weighted by Gasteiger charge is -2.33. The molecular weight excluding hydrogens is 328 g/mol. The number of aryl methyl sites for hydroxylation is 5. The fraction of sp³-hybridized carbons (Fsp3) is 0.440. The van der Waals surface area contributed by atoms with Gasteiger partial charge in [-0.2, -0.15) is 0 Å². The van der Waals surface area contributed by atoms with E-state index in [0.717, 1.165) is 0 Å². The topological polar surface area (TPSA) is 6.48 Å². The summed E-state index contributed by atoms with van der Waals surface area (Å²) in [5.74, 6) is 0. The molecule has 0 N–H and O–H groups in total. The quantitative estimate of drug-likeness (QED) is 0.545. The van der Waals surface area contributed by atoms with Crippen LogP contribution in [0.2, 0.25) is 0 Å². The van der Waals surface area contributed by atoms with E-state index in [9.17, 15) is 0 Å². The van der Waals surface area contributed by atoms with Gasteiger partial charge in [0, 0.05) is 23.8 Å². The predicted octanol–water partition coefficient (Wildman–Crippen LogP) is 7.42. The molecule has 1 aliphatic rings. The molecule has 0 fully saturated rings. The fourth-order valence-corrected chi connectivity index (χ4v) is 3.84. The van der Waals surface area contributed by atoms with Gasteiger partial charge in [0.2, 0.25) is 0 Å². The van der Waals surface area contributed by atoms with Crippen LogP contribution in [-0.2, 0) is 0 Å². The van der Waals surface area contributed by atoms with E-state index in [1.165, 1.54) is 39.2 Å². The molecule has 1 aliphatic heterocycles. The monoisotopic (exact) mass is 366 g/mol. The molecule has 0 saturated carbocycles. The fourth-order valence-electron chi connectivity index (χ4n) is 3.84. The third kappa shape index (κ3) is 4.74. The van der Waals surface area contributed by atoms with Gasteiger partial charge in [-0.05, 0) is 63.8 Å². The average Bonchev–Trinajstić information content (AvgIpc) is 2.99. The molecule has 0 radical (unpaired) electrons. The molecule has 1 unspecified atom stereocenters. The van der Waals surface area contributed by atoms with Crippen LogP contribution in [0.4, 0.5) is 11.4 Å². The third-order valence-electron chi connectivity index (χ3n) is 4.78. The number of nitrogens with zero attached hydrogens (tertiary/aromatic N) is 2. The molecule has 0 saturated heterocycles. The Hall–Kier alpha value is -2.22. The largest absolute Gasteiger partial charge is 0.325 e. The second-order valence-corrected chi connectivity index (χ2v) is 6.73. The Balaban J connectivity index is 0.000000855. The standard InChI is InChI=1S/C21H26N2.2C2H6/c1-14-12-17(4)21(18(5)13-14)23-11-10-22(19(23)6)20-15(2)8-7-9-16(20)3;2*1-2/h7-13,19H,1-6H3;2*1-2H3. The molecule has 0 aromatic heterocycles. The lowest BCUT2D eigenvalue weighted by atomic mass is 10.0. The molecule has 148 valence electrons. The van der Waals surface area contributed by atoms with E-state index >= 15 is 0 Å². The van der Waals surface area contributed by atoms with Crippen LogP contribution in [0, 0.1) is 34.6 Å². The van der Waals surface area contributed by atoms with E-state index in [4.69, 9.17) is 0 Å². The first-order valence-electron chi connectivity index (χ1n) is 10.3. The minimum Gasteiger partial charge on any atom is -0.325 e. The van der Waals surface area contributed by atoms with Crippen LogP contribution in [0.3, 0.4) is 0 Å². The molecule has 1 heterocycles. The summed E-state index contributed by atoms with van der Waals surface area (Å²) in [6.07, 6.45) is 4.69. The second-order valence-electron chi connectivity index (χ2n) is 6.73. The first-order chi connectivity index (χ1) is 12.9. The Morgan fingerprint density at radius 2 is 1.00 bits per heavy atom. The van der Waals surface area contributed by atoms with Gasteiger partial charge >= 0.3 is 0 Å². The minimum atomic E-state index is 0.273. The van der Waals surface area contributed by atoms with Crippen molar-refractivity contribution in [3.8, 4) is 0 Å². The zero-order valence-corrected chi connectivity index (χ0v) is 19.0. The van der Waals surface area contributed by atoms with E-state index < -0.39 is 0 Å². The van der Waals surface area contributed by atoms with Crippen molar-refractivity contribution in [3.63, 3.8) is 0 Å². The van der Waals surface area contributed by atoms with Crippen LogP contribution < -0.4 is 9.80 Å². The highest BCUT2D eigenvalue weighted by atomic mass is 15.4. The van der Waals surface area contributed by atoms with Crippen LogP contribution in [0.25, 0.3) is 0 Å². The summed E-state index contributed by atoms with van der Waals surface area (Å²) in [7, 11) is 0. The number of para-hydroxylation sites is 1. The van der Waals surface area contributed by atoms with Crippen LogP contribution >= 0.6 is 0 Å². The number of benzene rings is 2. The van der Waals surface area contributed by atoms with Gasteiger partial charge in [0.25, 0.3) is 0 Å². The molecular formula is C25H38N2. The van der Waals surface area contributed by atoms with Crippen molar-refractivity contribution in [2.24, 2.45) is 0 Å². The van der Waals surface area contributed by atoms with Gasteiger partial charge in [0.1, 0.15) is 6.17 Å². The molecule has 0 amide bonds. The van der Waals surface area contributed by atoms with E-state index in [0.29, 0.717) is 0 Å². The number of anilines is 2. The summed E-state index contributed by atoms with van der Waals surface area (Å²) in [4.78, 5) is 4.76. The van der Waals surface area contributed by atoms with Crippen LogP contribution in [0.15, 0.2) is 42.7 Å². The first kappa shape index (κ1) is 22.8. The van der Waals surface area contributed by atoms with Crippen molar-refractivity contribution in [2.45, 2.75) is 75.4 Å². The zero-order chi connectivity index (χ0) is 20.7. The smallest absolute Gasteiger partial charge is 0.107 e. The van der Waals surface area contributed by atoms with Crippen molar-refractivity contribution >= 4 is 11.4 Å². The van der Waals surface area contributed by atoms with Crippen LogP contribution in [-0.4, -0.2) is 6.17 Å². The average molecular weight is 367 g/mol. The van der Waals surface area contributed by atoms with Gasteiger partial charge in [-0.25, -0.2) is 0 Å². The highest BCUT2D eigenvalue weighted by Gasteiger charge is 2.27. The second kappa shape index (κ2) is 10.2. The summed E-state index contributed by atoms with van der Waals surface area (Å²) < 4.78 is 0. The maximum Gasteiger partial charge on any atom is 0.107 e. The number of hydrogen-bond donors (Lipinski definition) is 0. The molecule has 0 bridgehead atoms. The molecule has 27 heavy (non-hydrogen) atoms. The Kier molecular flexibility index (Phi) is 8.62. The summed E-state index contributed by atoms with van der Waals surface area (Å²) >= 11 is 0. The van der Waals surface area contributed by atoms with E-state index in [1.807, 2.05) is 27.7 Å². The number of hydrogen-bond acceptors (Lipinski definition) is 2. The Morgan fingerprint density at radius 3 is 1.41 bits per heavy atom. The predicted molar refractivity (Wildman–Crippen MR) is 123 cm³/mol. The Labute approximate surface area is 167 Å². The van der Waals surface area contributed by atoms with Crippen molar-refractivity contribution in [1.29, 1.82) is 0 Å². The third-order valence-corrected chi connectivity index (χ3v) is 4.78. The summed E-state index contributed by atoms with van der Waals surface area (Å²) in [6.45, 7) is 21.2. The molecule has 1 atom stereocenters. The van der Waals surface area contributed by atoms with Crippen molar-refractivity contribution < 1.29 is 0 Å². The maximum absolute atomic E-state index is 2.38. The van der Waals surface area contributed by atoms with Gasteiger partial charge in [0.15, 0.2) is 0 Å². The van der Waals surface area contributed by atoms with Gasteiger partial charge in [-0.1, -0.05) is 63.6 Å². The van der Waals surface area contributed by atoms with Gasteiger partial charge in [-0.15, -0.1) is 0 Å². The molecule has 0 aliphatic carbocycles. The lowest BCUT2D eigenvalue weighted by Crippen LogP contribution is -2.37. The SMILES string of the molecule is CC.CC.Cc1cc(C)c(N2C=CN(c3c(C)cccc3C)C2C)c(C)c1. The van der Waals surface area contributed by atoms with E-state index in [1.54, 1.807) is 0 Å². The summed E-state index contributed by atoms with van der Waals surface area (Å²) in [5, 5.41) is 0. The maximum atomic E-state index is 2.38. The molecule has 0 spiro atoms. The van der Waals surface area contributed by atoms with Crippen molar-refractivity contribution in [2.75, 3.05) is 9.80 Å². The Bertz CT molecular complexity index is 731. The van der Waals surface area contributed by atoms with Gasteiger partial charge < -0.3 is 9.80 Å². The van der Waals surface area contributed by atoms with E-state index in [2.05, 4.69) is 94.1 Å². The molecule has 3 rings (SSSR count). The summed E-state index contributed by atoms with van der Waals surface area (Å²) in [6, 6.07) is 11.0. The van der Waals surface area contributed by atoms with Crippen LogP contribution in [0.1, 0.15) is 62.4 Å². The molecule has 2 aromatic carbocycles. The highest BCUT2D eigenvalue weighted by molar-refractivity contribution is 5.69. The summed E-state index contributed by atoms with van der Waals surface area (Å²) in [5.41, 5.74) is 9.28. The van der Waals surface area contributed by atoms with Crippen LogP contribution in [0.5, 0.6) is 0 Å². The molecule has 2 aromatic rings. The van der Waals surface area contributed by atoms with Crippen molar-refractivity contribution in [3.05, 3.63) is 70.5 Å². The first-order valence-corrected chi connectivity index (χ1v) is 10.3. The van der Waals surface area contributed by atoms with Crippen molar-refractivity contribution in [1.82, 2.24) is 0 Å². The highest BCUT2D eigenvalue weighted by Crippen LogP contribution is 2.36. The zero-order valence-electron chi connectivity index (χ0n) is 19.0. The lowest BCUT2D eigenvalue weighted by molar-refractivity contribution is 0.743. The van der Waals surface area contributed by atoms with Gasteiger partial charge in [0.05, 0.1) is 0 Å². The molecule has 2 nitrogen and oxygen atoms in total. The minimum absolute atomic E-state index is 0.273. The van der Waals surface area contributed by atoms with Gasteiger partial charge in [-0.3, -0.25) is 0 Å².